The number of amides is 1. The summed E-state index contributed by atoms with van der Waals surface area (Å²) in [6.45, 7) is 2.16. The van der Waals surface area contributed by atoms with Gasteiger partial charge in [-0.3, -0.25) is 14.9 Å². The van der Waals surface area contributed by atoms with Crippen molar-refractivity contribution in [2.45, 2.75) is 19.4 Å². The molecule has 206 valence electrons. The Morgan fingerprint density at radius 2 is 1.82 bits per heavy atom. The van der Waals surface area contributed by atoms with Gasteiger partial charge in [0.05, 0.1) is 30.2 Å². The fourth-order valence-electron chi connectivity index (χ4n) is 4.89. The lowest BCUT2D eigenvalue weighted by Crippen LogP contribution is -2.43. The van der Waals surface area contributed by atoms with Gasteiger partial charge in [0.15, 0.2) is 11.5 Å². The van der Waals surface area contributed by atoms with Crippen molar-refractivity contribution in [3.05, 3.63) is 98.3 Å². The minimum Gasteiger partial charge on any atom is -0.493 e. The van der Waals surface area contributed by atoms with Crippen molar-refractivity contribution < 1.29 is 28.5 Å². The minimum atomic E-state index is -0.528. The molecule has 0 radical (unpaired) electrons. The van der Waals surface area contributed by atoms with Gasteiger partial charge < -0.3 is 23.6 Å². The number of aryl methyl sites for hydroxylation is 1. The van der Waals surface area contributed by atoms with Crippen molar-refractivity contribution >= 4 is 23.2 Å². The number of nitro groups is 1. The van der Waals surface area contributed by atoms with E-state index in [4.69, 9.17) is 30.3 Å². The molecule has 10 nitrogen and oxygen atoms in total. The van der Waals surface area contributed by atoms with Crippen LogP contribution in [0.15, 0.2) is 65.2 Å². The van der Waals surface area contributed by atoms with Gasteiger partial charge >= 0.3 is 0 Å². The van der Waals surface area contributed by atoms with Crippen LogP contribution in [0.2, 0.25) is 5.02 Å². The lowest BCUT2D eigenvalue weighted by atomic mass is 9.91. The van der Waals surface area contributed by atoms with E-state index in [1.807, 2.05) is 18.2 Å². The van der Waals surface area contributed by atoms with Crippen LogP contribution in [0, 0.1) is 17.0 Å². The molecule has 0 aliphatic carbocycles. The second kappa shape index (κ2) is 11.3. The molecule has 0 saturated carbocycles. The van der Waals surface area contributed by atoms with Crippen LogP contribution in [0.3, 0.4) is 0 Å². The summed E-state index contributed by atoms with van der Waals surface area (Å²) in [6.07, 6.45) is 0.571. The largest absolute Gasteiger partial charge is 0.493 e. The molecule has 1 atom stereocenters. The first-order chi connectivity index (χ1) is 19.3. The number of carbonyl (C=O) groups excluding carboxylic acids is 1. The van der Waals surface area contributed by atoms with Crippen molar-refractivity contribution in [2.75, 3.05) is 27.4 Å². The second-order valence-electron chi connectivity index (χ2n) is 9.17. The Bertz CT molecular complexity index is 1570. The van der Waals surface area contributed by atoms with Crippen molar-refractivity contribution in [2.24, 2.45) is 0 Å². The van der Waals surface area contributed by atoms with Gasteiger partial charge in [0, 0.05) is 24.2 Å². The highest BCUT2D eigenvalue weighted by Crippen LogP contribution is 2.40. The summed E-state index contributed by atoms with van der Waals surface area (Å²) in [4.78, 5) is 26.5. The molecule has 11 heteroatoms. The van der Waals surface area contributed by atoms with E-state index >= 15 is 0 Å². The number of nitro benzene ring substituents is 1. The molecular formula is C29H26ClN3O7. The summed E-state index contributed by atoms with van der Waals surface area (Å²) >= 11 is 6.44. The Balaban J connectivity index is 1.54. The third-order valence-corrected chi connectivity index (χ3v) is 7.25. The Kier molecular flexibility index (Phi) is 7.61. The van der Waals surface area contributed by atoms with Crippen molar-refractivity contribution in [1.82, 2.24) is 10.1 Å². The highest BCUT2D eigenvalue weighted by molar-refractivity contribution is 6.33. The quantitative estimate of drug-likeness (QED) is 0.188. The number of ether oxygens (including phenoxy) is 3. The molecule has 0 bridgehead atoms. The maximum atomic E-state index is 14.2. The van der Waals surface area contributed by atoms with Crippen LogP contribution < -0.4 is 14.2 Å². The number of aromatic nitrogens is 1. The van der Waals surface area contributed by atoms with Gasteiger partial charge in [0.2, 0.25) is 0 Å². The van der Waals surface area contributed by atoms with Crippen LogP contribution in [0.1, 0.15) is 33.3 Å². The number of non-ortho nitro benzene ring substituents is 1. The summed E-state index contributed by atoms with van der Waals surface area (Å²) in [6, 6.07) is 16.2. The molecule has 5 rings (SSSR count). The zero-order valence-corrected chi connectivity index (χ0v) is 22.8. The van der Waals surface area contributed by atoms with Crippen LogP contribution >= 0.6 is 11.6 Å². The van der Waals surface area contributed by atoms with Crippen molar-refractivity contribution in [3.8, 4) is 28.5 Å². The number of methoxy groups -OCH3 is 2. The maximum Gasteiger partial charge on any atom is 0.269 e. The van der Waals surface area contributed by atoms with E-state index in [0.29, 0.717) is 57.8 Å². The van der Waals surface area contributed by atoms with Crippen LogP contribution in [0.4, 0.5) is 5.69 Å². The van der Waals surface area contributed by atoms with Crippen LogP contribution in [-0.4, -0.2) is 48.3 Å². The van der Waals surface area contributed by atoms with Gasteiger partial charge in [-0.1, -0.05) is 35.0 Å². The normalized spacial score (nSPS) is 14.4. The van der Waals surface area contributed by atoms with E-state index in [1.165, 1.54) is 24.3 Å². The lowest BCUT2D eigenvalue weighted by Gasteiger charge is -2.37. The number of hydrogen-bond acceptors (Lipinski definition) is 8. The third-order valence-electron chi connectivity index (χ3n) is 6.92. The Morgan fingerprint density at radius 1 is 1.12 bits per heavy atom. The predicted molar refractivity (Wildman–Crippen MR) is 147 cm³/mol. The number of halogens is 1. The first kappa shape index (κ1) is 27.0. The van der Waals surface area contributed by atoms with Gasteiger partial charge in [-0.2, -0.15) is 0 Å². The fraction of sp³-hybridized carbons (Fsp3) is 0.241. The SMILES string of the molecule is COc1cc2c(cc1OC)C(COc1ccc([N+](=O)[O-])cc1)N(C(=O)c1c(-c3ccccc3Cl)noc1C)CC2. The number of rotatable bonds is 8. The molecule has 0 saturated heterocycles. The lowest BCUT2D eigenvalue weighted by molar-refractivity contribution is -0.384. The molecule has 4 aromatic rings. The molecule has 0 spiro atoms. The number of nitrogens with zero attached hydrogens (tertiary/aromatic N) is 3. The summed E-state index contributed by atoms with van der Waals surface area (Å²) in [5.74, 6) is 1.63. The monoisotopic (exact) mass is 563 g/mol. The number of fused-ring (bicyclic) bond motifs is 1. The highest BCUT2D eigenvalue weighted by Gasteiger charge is 2.36. The Labute approximate surface area is 235 Å². The molecule has 1 amide bonds. The molecule has 0 N–H and O–H groups in total. The Morgan fingerprint density at radius 3 is 2.50 bits per heavy atom. The molecule has 1 aliphatic heterocycles. The standard InChI is InChI=1S/C29H26ClN3O7/c1-17-27(28(31-40-17)21-6-4-5-7-23(21)30)29(34)32-13-12-18-14-25(37-2)26(38-3)15-22(18)24(32)16-39-20-10-8-19(9-11-20)33(35)36/h4-11,14-15,24H,12-13,16H2,1-3H3. The van der Waals surface area contributed by atoms with Crippen LogP contribution in [0.25, 0.3) is 11.3 Å². The topological polar surface area (TPSA) is 117 Å². The first-order valence-corrected chi connectivity index (χ1v) is 12.8. The summed E-state index contributed by atoms with van der Waals surface area (Å²) in [5, 5.41) is 15.7. The molecule has 1 unspecified atom stereocenters. The van der Waals surface area contributed by atoms with Crippen molar-refractivity contribution in [3.63, 3.8) is 0 Å². The van der Waals surface area contributed by atoms with Gasteiger partial charge in [-0.25, -0.2) is 0 Å². The van der Waals surface area contributed by atoms with E-state index in [1.54, 1.807) is 44.2 Å². The van der Waals surface area contributed by atoms with E-state index in [2.05, 4.69) is 5.16 Å². The molecule has 1 aromatic heterocycles. The first-order valence-electron chi connectivity index (χ1n) is 12.5. The van der Waals surface area contributed by atoms with Gasteiger partial charge in [-0.15, -0.1) is 0 Å². The molecule has 40 heavy (non-hydrogen) atoms. The number of carbonyl (C=O) groups is 1. The summed E-state index contributed by atoms with van der Waals surface area (Å²) in [5.41, 5.74) is 3.06. The zero-order valence-electron chi connectivity index (χ0n) is 22.0. The predicted octanol–water partition coefficient (Wildman–Crippen LogP) is 6.05. The molecule has 2 heterocycles. The average molecular weight is 564 g/mol. The third kappa shape index (κ3) is 5.05. The van der Waals surface area contributed by atoms with Gasteiger partial charge in [0.25, 0.3) is 11.6 Å². The fourth-order valence-corrected chi connectivity index (χ4v) is 5.12. The highest BCUT2D eigenvalue weighted by atomic mass is 35.5. The molecular weight excluding hydrogens is 538 g/mol. The van der Waals surface area contributed by atoms with E-state index in [0.717, 1.165) is 11.1 Å². The van der Waals surface area contributed by atoms with Crippen LogP contribution in [-0.2, 0) is 6.42 Å². The zero-order chi connectivity index (χ0) is 28.4. The second-order valence-corrected chi connectivity index (χ2v) is 9.58. The minimum absolute atomic E-state index is 0.0426. The number of hydrogen-bond donors (Lipinski definition) is 0. The van der Waals surface area contributed by atoms with Crippen molar-refractivity contribution in [1.29, 1.82) is 0 Å². The molecule has 3 aromatic carbocycles. The maximum absolute atomic E-state index is 14.2. The summed E-state index contributed by atoms with van der Waals surface area (Å²) in [7, 11) is 3.12. The van der Waals surface area contributed by atoms with E-state index < -0.39 is 11.0 Å². The van der Waals surface area contributed by atoms with Gasteiger partial charge in [-0.05, 0) is 54.8 Å². The Hall–Kier alpha value is -4.57. The molecule has 1 aliphatic rings. The smallest absolute Gasteiger partial charge is 0.269 e. The van der Waals surface area contributed by atoms with E-state index in [-0.39, 0.29) is 18.2 Å². The van der Waals surface area contributed by atoms with Gasteiger partial charge in [0.1, 0.15) is 29.4 Å². The summed E-state index contributed by atoms with van der Waals surface area (Å²) < 4.78 is 22.6. The van der Waals surface area contributed by atoms with Crippen LogP contribution in [0.5, 0.6) is 17.2 Å². The van der Waals surface area contributed by atoms with E-state index in [9.17, 15) is 14.9 Å². The average Bonchev–Trinajstić information content (AvgIpc) is 3.35. The molecule has 0 fully saturated rings. The number of benzene rings is 3.